The largest absolute Gasteiger partial charge is 0.444 e. The second-order valence-electron chi connectivity index (χ2n) is 7.16. The number of hydrogen-bond acceptors (Lipinski definition) is 5. The summed E-state index contributed by atoms with van der Waals surface area (Å²) in [5, 5.41) is 8.81. The van der Waals surface area contributed by atoms with Crippen molar-refractivity contribution in [2.75, 3.05) is 18.8 Å². The molecule has 0 saturated carbocycles. The normalized spacial score (nSPS) is 17.8. The number of hydrogen-bond donors (Lipinski definition) is 1. The predicted octanol–water partition coefficient (Wildman–Crippen LogP) is 3.36. The highest BCUT2D eigenvalue weighted by Crippen LogP contribution is 2.32. The van der Waals surface area contributed by atoms with Crippen molar-refractivity contribution in [3.63, 3.8) is 0 Å². The van der Waals surface area contributed by atoms with Gasteiger partial charge in [-0.1, -0.05) is 11.6 Å². The average molecular weight is 364 g/mol. The summed E-state index contributed by atoms with van der Waals surface area (Å²) in [6.07, 6.45) is 2.16. The van der Waals surface area contributed by atoms with Gasteiger partial charge in [0.1, 0.15) is 11.9 Å². The first kappa shape index (κ1) is 17.5. The molecule has 1 aromatic heterocycles. The Bertz CT molecular complexity index is 784. The molecule has 1 saturated heterocycles. The minimum Gasteiger partial charge on any atom is -0.444 e. The van der Waals surface area contributed by atoms with E-state index in [-0.39, 0.29) is 12.1 Å². The Morgan fingerprint density at radius 3 is 2.88 bits per heavy atom. The molecule has 2 heterocycles. The zero-order valence-corrected chi connectivity index (χ0v) is 15.3. The Kier molecular flexibility index (Phi) is 4.60. The standard InChI is InChI=1S/C17H22ClN5O2/c1-17(2,3)25-16(24)22-7-6-12(9-22)23-10-20-21-15(23)13-8-11(18)4-5-14(13)19/h4-5,8,10,12H,6-7,9,19H2,1-3H3. The van der Waals surface area contributed by atoms with Crippen LogP contribution in [0.3, 0.4) is 0 Å². The number of rotatable bonds is 2. The van der Waals surface area contributed by atoms with Gasteiger partial charge in [0.15, 0.2) is 5.82 Å². The lowest BCUT2D eigenvalue weighted by atomic mass is 10.1. The lowest BCUT2D eigenvalue weighted by molar-refractivity contribution is 0.0289. The van der Waals surface area contributed by atoms with Gasteiger partial charge >= 0.3 is 6.09 Å². The van der Waals surface area contributed by atoms with E-state index in [0.29, 0.717) is 29.6 Å². The highest BCUT2D eigenvalue weighted by atomic mass is 35.5. The highest BCUT2D eigenvalue weighted by molar-refractivity contribution is 6.31. The number of amides is 1. The van der Waals surface area contributed by atoms with Gasteiger partial charge in [0.05, 0.1) is 6.04 Å². The van der Waals surface area contributed by atoms with Crippen molar-refractivity contribution >= 4 is 23.4 Å². The number of carbonyl (C=O) groups is 1. The Morgan fingerprint density at radius 2 is 2.16 bits per heavy atom. The molecule has 1 amide bonds. The van der Waals surface area contributed by atoms with Gasteiger partial charge in [-0.25, -0.2) is 4.79 Å². The molecule has 0 bridgehead atoms. The van der Waals surface area contributed by atoms with Gasteiger partial charge in [-0.15, -0.1) is 10.2 Å². The van der Waals surface area contributed by atoms with Crippen molar-refractivity contribution in [3.05, 3.63) is 29.5 Å². The molecule has 1 aromatic carbocycles. The van der Waals surface area contributed by atoms with Gasteiger partial charge in [-0.3, -0.25) is 0 Å². The van der Waals surface area contributed by atoms with Crippen LogP contribution in [0.4, 0.5) is 10.5 Å². The first-order valence-electron chi connectivity index (χ1n) is 8.17. The van der Waals surface area contributed by atoms with E-state index in [1.165, 1.54) is 0 Å². The maximum Gasteiger partial charge on any atom is 0.410 e. The molecular formula is C17H22ClN5O2. The molecule has 0 spiro atoms. The molecule has 1 aliphatic rings. The van der Waals surface area contributed by atoms with Crippen LogP contribution < -0.4 is 5.73 Å². The summed E-state index contributed by atoms with van der Waals surface area (Å²) in [5.74, 6) is 0.649. The van der Waals surface area contributed by atoms with Crippen LogP contribution in [-0.4, -0.2) is 44.4 Å². The van der Waals surface area contributed by atoms with Crippen LogP contribution in [0, 0.1) is 0 Å². The van der Waals surface area contributed by atoms with E-state index in [9.17, 15) is 4.79 Å². The van der Waals surface area contributed by atoms with E-state index >= 15 is 0 Å². The van der Waals surface area contributed by atoms with Crippen LogP contribution in [0.15, 0.2) is 24.5 Å². The van der Waals surface area contributed by atoms with Crippen molar-refractivity contribution in [3.8, 4) is 11.4 Å². The smallest absolute Gasteiger partial charge is 0.410 e. The average Bonchev–Trinajstić information content (AvgIpc) is 3.15. The topological polar surface area (TPSA) is 86.3 Å². The summed E-state index contributed by atoms with van der Waals surface area (Å²) < 4.78 is 7.40. The minimum absolute atomic E-state index is 0.0656. The monoisotopic (exact) mass is 363 g/mol. The lowest BCUT2D eigenvalue weighted by Gasteiger charge is -2.24. The number of anilines is 1. The number of nitrogen functional groups attached to an aromatic ring is 1. The van der Waals surface area contributed by atoms with Gasteiger partial charge in [0, 0.05) is 29.4 Å². The second-order valence-corrected chi connectivity index (χ2v) is 7.60. The number of likely N-dealkylation sites (tertiary alicyclic amines) is 1. The highest BCUT2D eigenvalue weighted by Gasteiger charge is 2.32. The van der Waals surface area contributed by atoms with Crippen LogP contribution in [0.1, 0.15) is 33.2 Å². The van der Waals surface area contributed by atoms with E-state index in [1.54, 1.807) is 29.4 Å². The van der Waals surface area contributed by atoms with Crippen LogP contribution in [0.25, 0.3) is 11.4 Å². The van der Waals surface area contributed by atoms with Gasteiger partial charge in [-0.2, -0.15) is 0 Å². The van der Waals surface area contributed by atoms with Crippen molar-refractivity contribution in [2.45, 2.75) is 38.8 Å². The van der Waals surface area contributed by atoms with Crippen LogP contribution in [0.2, 0.25) is 5.02 Å². The third-order valence-corrected chi connectivity index (χ3v) is 4.27. The molecule has 134 valence electrons. The molecule has 25 heavy (non-hydrogen) atoms. The fraction of sp³-hybridized carbons (Fsp3) is 0.471. The molecule has 0 radical (unpaired) electrons. The van der Waals surface area contributed by atoms with E-state index in [1.807, 2.05) is 25.3 Å². The molecule has 3 rings (SSSR count). The van der Waals surface area contributed by atoms with Crippen molar-refractivity contribution in [1.29, 1.82) is 0 Å². The van der Waals surface area contributed by atoms with Gasteiger partial charge < -0.3 is 19.9 Å². The van der Waals surface area contributed by atoms with Gasteiger partial charge in [0.25, 0.3) is 0 Å². The molecule has 2 aromatic rings. The Hall–Kier alpha value is -2.28. The second kappa shape index (κ2) is 6.55. The van der Waals surface area contributed by atoms with E-state index in [4.69, 9.17) is 22.1 Å². The van der Waals surface area contributed by atoms with Crippen molar-refractivity contribution in [2.24, 2.45) is 0 Å². The molecule has 0 aliphatic carbocycles. The SMILES string of the molecule is CC(C)(C)OC(=O)N1CCC(n2cnnc2-c2cc(Cl)ccc2N)C1. The molecule has 2 N–H and O–H groups in total. The summed E-state index contributed by atoms with van der Waals surface area (Å²) in [7, 11) is 0. The number of nitrogens with zero attached hydrogens (tertiary/aromatic N) is 4. The molecule has 1 unspecified atom stereocenters. The molecule has 7 nitrogen and oxygen atoms in total. The first-order valence-corrected chi connectivity index (χ1v) is 8.55. The Balaban J connectivity index is 1.80. The number of benzene rings is 1. The summed E-state index contributed by atoms with van der Waals surface area (Å²) in [4.78, 5) is 14.0. The van der Waals surface area contributed by atoms with E-state index in [0.717, 1.165) is 12.0 Å². The van der Waals surface area contributed by atoms with Crippen molar-refractivity contribution < 1.29 is 9.53 Å². The maximum atomic E-state index is 12.3. The quantitative estimate of drug-likeness (QED) is 0.827. The van der Waals surface area contributed by atoms with Crippen molar-refractivity contribution in [1.82, 2.24) is 19.7 Å². The Labute approximate surface area is 151 Å². The predicted molar refractivity (Wildman–Crippen MR) is 96.3 cm³/mol. The summed E-state index contributed by atoms with van der Waals surface area (Å²) >= 11 is 6.09. The molecule has 1 aliphatic heterocycles. The van der Waals surface area contributed by atoms with Crippen LogP contribution in [-0.2, 0) is 4.74 Å². The number of halogens is 1. The zero-order valence-electron chi connectivity index (χ0n) is 14.6. The van der Waals surface area contributed by atoms with Gasteiger partial charge in [-0.05, 0) is 45.4 Å². The van der Waals surface area contributed by atoms with E-state index in [2.05, 4.69) is 10.2 Å². The Morgan fingerprint density at radius 1 is 1.40 bits per heavy atom. The summed E-state index contributed by atoms with van der Waals surface area (Å²) in [5.41, 5.74) is 6.88. The number of nitrogens with two attached hydrogens (primary N) is 1. The molecular weight excluding hydrogens is 342 g/mol. The van der Waals surface area contributed by atoms with Gasteiger partial charge in [0.2, 0.25) is 0 Å². The molecule has 1 atom stereocenters. The molecule has 8 heteroatoms. The number of carbonyl (C=O) groups excluding carboxylic acids is 1. The van der Waals surface area contributed by atoms with Crippen LogP contribution in [0.5, 0.6) is 0 Å². The zero-order chi connectivity index (χ0) is 18.2. The minimum atomic E-state index is -0.508. The summed E-state index contributed by atoms with van der Waals surface area (Å²) in [6.45, 7) is 6.75. The van der Waals surface area contributed by atoms with Crippen LogP contribution >= 0.6 is 11.6 Å². The number of aromatic nitrogens is 3. The fourth-order valence-electron chi connectivity index (χ4n) is 2.89. The first-order chi connectivity index (χ1) is 11.7. The maximum absolute atomic E-state index is 12.3. The third kappa shape index (κ3) is 3.87. The van der Waals surface area contributed by atoms with E-state index < -0.39 is 5.60 Å². The third-order valence-electron chi connectivity index (χ3n) is 4.04. The molecule has 1 fully saturated rings. The fourth-order valence-corrected chi connectivity index (χ4v) is 3.06. The summed E-state index contributed by atoms with van der Waals surface area (Å²) in [6, 6.07) is 5.33. The number of ether oxygens (including phenoxy) is 1. The lowest BCUT2D eigenvalue weighted by Crippen LogP contribution is -2.35.